The van der Waals surface area contributed by atoms with Crippen molar-refractivity contribution < 1.29 is 9.59 Å². The molecule has 0 heterocycles. The Hall–Kier alpha value is -5.88. The zero-order valence-electron chi connectivity index (χ0n) is 29.5. The minimum atomic E-state index is -0.306. The van der Waals surface area contributed by atoms with Gasteiger partial charge in [-0.25, -0.2) is 9.59 Å². The van der Waals surface area contributed by atoms with Crippen LogP contribution in [0.2, 0.25) is 0 Å². The van der Waals surface area contributed by atoms with Gasteiger partial charge in [-0.2, -0.15) is 0 Å². The van der Waals surface area contributed by atoms with Crippen LogP contribution in [0.4, 0.5) is 32.3 Å². The van der Waals surface area contributed by atoms with Gasteiger partial charge in [0.15, 0.2) is 0 Å². The topological polar surface area (TPSA) is 82.3 Å². The van der Waals surface area contributed by atoms with Crippen LogP contribution in [0.15, 0.2) is 133 Å². The number of urea groups is 2. The molecule has 0 radical (unpaired) electrons. The number of nitrogens with one attached hydrogen (secondary N) is 4. The Kier molecular flexibility index (Phi) is 9.47. The molecule has 0 fully saturated rings. The number of rotatable bonds is 6. The molecule has 0 aliphatic heterocycles. The largest absolute Gasteiger partial charge is 0.323 e. The van der Waals surface area contributed by atoms with Crippen LogP contribution >= 0.6 is 0 Å². The predicted octanol–water partition coefficient (Wildman–Crippen LogP) is 12.1. The standard InChI is InChI=1S/C44H44N4O2/c1-43(2,3)32-19-23-34(24-20-32)45-41(49)47-36-15-7-13-30(27-36)38-17-9-11-29-12-10-18-39(40(29)38)31-14-8-16-37(28-31)48-42(50)46-35-25-21-33(22-26-35)44(4,5)6/h7-28H,1-6H3,(H2,45,47,49)(H2,46,48,50). The number of amides is 4. The zero-order chi connectivity index (χ0) is 35.5. The van der Waals surface area contributed by atoms with Gasteiger partial charge in [0, 0.05) is 22.7 Å². The lowest BCUT2D eigenvalue weighted by atomic mass is 9.87. The summed E-state index contributed by atoms with van der Waals surface area (Å²) in [6.45, 7) is 13.0. The molecule has 6 aromatic rings. The quantitative estimate of drug-likeness (QED) is 0.143. The van der Waals surface area contributed by atoms with Crippen molar-refractivity contribution >= 4 is 45.6 Å². The first-order chi connectivity index (χ1) is 23.8. The number of carbonyl (C=O) groups is 2. The van der Waals surface area contributed by atoms with Crippen LogP contribution in [0.3, 0.4) is 0 Å². The summed E-state index contributed by atoms with van der Waals surface area (Å²) >= 11 is 0. The Balaban J connectivity index is 1.22. The monoisotopic (exact) mass is 660 g/mol. The van der Waals surface area contributed by atoms with Gasteiger partial charge in [-0.15, -0.1) is 0 Å². The van der Waals surface area contributed by atoms with E-state index in [-0.39, 0.29) is 22.9 Å². The lowest BCUT2D eigenvalue weighted by Gasteiger charge is -2.19. The molecule has 4 N–H and O–H groups in total. The van der Waals surface area contributed by atoms with E-state index in [1.54, 1.807) is 0 Å². The van der Waals surface area contributed by atoms with Crippen LogP contribution in [-0.4, -0.2) is 12.1 Å². The van der Waals surface area contributed by atoms with E-state index < -0.39 is 0 Å². The third-order valence-corrected chi connectivity index (χ3v) is 8.79. The molecule has 0 spiro atoms. The first-order valence-electron chi connectivity index (χ1n) is 16.9. The number of fused-ring (bicyclic) bond motifs is 1. The van der Waals surface area contributed by atoms with Gasteiger partial charge in [-0.05, 0) is 104 Å². The van der Waals surface area contributed by atoms with E-state index in [2.05, 4.69) is 99.2 Å². The summed E-state index contributed by atoms with van der Waals surface area (Å²) in [5.74, 6) is 0. The average molecular weight is 661 g/mol. The van der Waals surface area contributed by atoms with Gasteiger partial charge in [-0.1, -0.05) is 126 Å². The van der Waals surface area contributed by atoms with Gasteiger partial charge in [0.25, 0.3) is 0 Å². The SMILES string of the molecule is CC(C)(C)c1ccc(NC(=O)Nc2cccc(-c3cccc4cccc(-c5cccc(NC(=O)Nc6ccc(C(C)(C)C)cc6)c5)c34)c2)cc1. The molecule has 6 rings (SSSR count). The molecule has 6 aromatic carbocycles. The number of benzene rings is 6. The number of hydrogen-bond acceptors (Lipinski definition) is 2. The lowest BCUT2D eigenvalue weighted by Crippen LogP contribution is -2.19. The molecule has 50 heavy (non-hydrogen) atoms. The van der Waals surface area contributed by atoms with E-state index in [9.17, 15) is 9.59 Å². The van der Waals surface area contributed by atoms with Crippen molar-refractivity contribution in [2.75, 3.05) is 21.3 Å². The number of hydrogen-bond donors (Lipinski definition) is 4. The van der Waals surface area contributed by atoms with Crippen LogP contribution in [0.1, 0.15) is 52.7 Å². The van der Waals surface area contributed by atoms with Gasteiger partial charge in [0.05, 0.1) is 0 Å². The maximum atomic E-state index is 13.0. The maximum Gasteiger partial charge on any atom is 0.323 e. The summed E-state index contributed by atoms with van der Waals surface area (Å²) in [6, 6.07) is 43.5. The molecule has 0 bridgehead atoms. The Labute approximate surface area is 295 Å². The van der Waals surface area contributed by atoms with Crippen LogP contribution in [-0.2, 0) is 10.8 Å². The molecule has 252 valence electrons. The highest BCUT2D eigenvalue weighted by Gasteiger charge is 2.16. The van der Waals surface area contributed by atoms with Crippen LogP contribution < -0.4 is 21.3 Å². The molecule has 4 amide bonds. The molecule has 0 aliphatic carbocycles. The summed E-state index contributed by atoms with van der Waals surface area (Å²) < 4.78 is 0. The van der Waals surface area contributed by atoms with E-state index >= 15 is 0 Å². The van der Waals surface area contributed by atoms with Crippen molar-refractivity contribution in [1.82, 2.24) is 0 Å². The van der Waals surface area contributed by atoms with Crippen LogP contribution in [0.25, 0.3) is 33.0 Å². The van der Waals surface area contributed by atoms with Crippen molar-refractivity contribution in [2.24, 2.45) is 0 Å². The van der Waals surface area contributed by atoms with Crippen LogP contribution in [0.5, 0.6) is 0 Å². The third-order valence-electron chi connectivity index (χ3n) is 8.79. The Bertz CT molecular complexity index is 2000. The molecule has 0 aromatic heterocycles. The molecule has 6 heteroatoms. The van der Waals surface area contributed by atoms with Crippen LogP contribution in [0, 0.1) is 0 Å². The normalized spacial score (nSPS) is 11.6. The van der Waals surface area contributed by atoms with E-state index in [1.165, 1.54) is 11.1 Å². The molecule has 6 nitrogen and oxygen atoms in total. The predicted molar refractivity (Wildman–Crippen MR) is 210 cm³/mol. The summed E-state index contributed by atoms with van der Waals surface area (Å²) in [4.78, 5) is 25.9. The minimum absolute atomic E-state index is 0.0403. The van der Waals surface area contributed by atoms with Gasteiger partial charge < -0.3 is 21.3 Å². The van der Waals surface area contributed by atoms with Gasteiger partial charge >= 0.3 is 12.1 Å². The fraction of sp³-hybridized carbons (Fsp3) is 0.182. The summed E-state index contributed by atoms with van der Waals surface area (Å²) in [5, 5.41) is 14.0. The highest BCUT2D eigenvalue weighted by atomic mass is 16.2. The third kappa shape index (κ3) is 8.04. The summed E-state index contributed by atoms with van der Waals surface area (Å²) in [7, 11) is 0. The summed E-state index contributed by atoms with van der Waals surface area (Å²) in [6.07, 6.45) is 0. The van der Waals surface area contributed by atoms with E-state index in [1.807, 2.05) is 97.1 Å². The van der Waals surface area contributed by atoms with Crippen molar-refractivity contribution in [3.63, 3.8) is 0 Å². The molecule has 0 atom stereocenters. The van der Waals surface area contributed by atoms with Gasteiger partial charge in [-0.3, -0.25) is 0 Å². The summed E-state index contributed by atoms with van der Waals surface area (Å²) in [5.41, 5.74) is 9.35. The van der Waals surface area contributed by atoms with Gasteiger partial charge in [0.1, 0.15) is 0 Å². The molecule has 0 saturated heterocycles. The van der Waals surface area contributed by atoms with E-state index in [0.717, 1.165) is 44.4 Å². The zero-order valence-corrected chi connectivity index (χ0v) is 29.5. The minimum Gasteiger partial charge on any atom is -0.308 e. The lowest BCUT2D eigenvalue weighted by molar-refractivity contribution is 0.261. The van der Waals surface area contributed by atoms with Crippen molar-refractivity contribution in [2.45, 2.75) is 52.4 Å². The second-order valence-electron chi connectivity index (χ2n) is 14.7. The van der Waals surface area contributed by atoms with Crippen molar-refractivity contribution in [3.8, 4) is 22.3 Å². The second kappa shape index (κ2) is 13.9. The first-order valence-corrected chi connectivity index (χ1v) is 16.9. The highest BCUT2D eigenvalue weighted by molar-refractivity contribution is 6.08. The van der Waals surface area contributed by atoms with Gasteiger partial charge in [0.2, 0.25) is 0 Å². The van der Waals surface area contributed by atoms with E-state index in [4.69, 9.17) is 0 Å². The Morgan fingerprint density at radius 2 is 0.780 bits per heavy atom. The molecular formula is C44H44N4O2. The highest BCUT2D eigenvalue weighted by Crippen LogP contribution is 2.38. The average Bonchev–Trinajstić information content (AvgIpc) is 3.07. The molecule has 0 unspecified atom stereocenters. The fourth-order valence-corrected chi connectivity index (χ4v) is 6.05. The smallest absolute Gasteiger partial charge is 0.308 e. The number of carbonyl (C=O) groups excluding carboxylic acids is 2. The first kappa shape index (κ1) is 34.0. The molecule has 0 aliphatic rings. The molecular weight excluding hydrogens is 617 g/mol. The maximum absolute atomic E-state index is 13.0. The molecule has 0 saturated carbocycles. The van der Waals surface area contributed by atoms with Crippen molar-refractivity contribution in [1.29, 1.82) is 0 Å². The number of anilines is 4. The Morgan fingerprint density at radius 1 is 0.420 bits per heavy atom. The Morgan fingerprint density at radius 3 is 1.16 bits per heavy atom. The second-order valence-corrected chi connectivity index (χ2v) is 14.7. The fourth-order valence-electron chi connectivity index (χ4n) is 6.05. The van der Waals surface area contributed by atoms with Crippen molar-refractivity contribution in [3.05, 3.63) is 145 Å². The van der Waals surface area contributed by atoms with E-state index in [0.29, 0.717) is 11.4 Å².